The minimum atomic E-state index is -0.306. The van der Waals surface area contributed by atoms with Gasteiger partial charge in [-0.3, -0.25) is 0 Å². The third-order valence-corrected chi connectivity index (χ3v) is 2.97. The van der Waals surface area contributed by atoms with Gasteiger partial charge in [-0.15, -0.1) is 0 Å². The van der Waals surface area contributed by atoms with Crippen LogP contribution in [0.5, 0.6) is 0 Å². The van der Waals surface area contributed by atoms with E-state index in [0.717, 1.165) is 37.6 Å². The van der Waals surface area contributed by atoms with Crippen molar-refractivity contribution in [2.75, 3.05) is 37.8 Å². The second kappa shape index (κ2) is 6.95. The molecule has 1 aliphatic rings. The normalized spacial score (nSPS) is 15.7. The minimum Gasteiger partial charge on any atom is -0.463 e. The molecule has 2 rings (SSSR count). The maximum Gasteiger partial charge on any atom is 0.330 e. The number of hydrogen-bond donors (Lipinski definition) is 0. The zero-order chi connectivity index (χ0) is 13.5. The minimum absolute atomic E-state index is 0.306. The van der Waals surface area contributed by atoms with Crippen LogP contribution in [-0.2, 0) is 14.3 Å². The molecule has 0 amide bonds. The lowest BCUT2D eigenvalue weighted by atomic mass is 10.1. The maximum atomic E-state index is 11.4. The molecule has 1 aromatic rings. The van der Waals surface area contributed by atoms with Crippen molar-refractivity contribution >= 4 is 17.7 Å². The van der Waals surface area contributed by atoms with Crippen LogP contribution < -0.4 is 4.90 Å². The second-order valence-electron chi connectivity index (χ2n) is 4.24. The number of para-hydroxylation sites is 1. The van der Waals surface area contributed by atoms with Crippen LogP contribution in [0.3, 0.4) is 0 Å². The van der Waals surface area contributed by atoms with Gasteiger partial charge in [0.05, 0.1) is 19.8 Å². The Balaban J connectivity index is 2.13. The van der Waals surface area contributed by atoms with Crippen LogP contribution in [-0.4, -0.2) is 38.9 Å². The molecule has 1 aliphatic heterocycles. The number of ether oxygens (including phenoxy) is 2. The highest BCUT2D eigenvalue weighted by Crippen LogP contribution is 2.22. The number of carbonyl (C=O) groups is 1. The number of anilines is 1. The predicted molar refractivity (Wildman–Crippen MR) is 75.1 cm³/mol. The molecule has 0 bridgehead atoms. The van der Waals surface area contributed by atoms with Crippen LogP contribution in [0.2, 0.25) is 0 Å². The standard InChI is InChI=1S/C15H19NO3/c1-2-19-15(17)8-7-13-5-3-4-6-14(13)16-9-11-18-12-10-16/h3-8H,2,9-12H2,1H3/b8-7+. The van der Waals surface area contributed by atoms with Gasteiger partial charge in [-0.25, -0.2) is 4.79 Å². The molecule has 4 heteroatoms. The number of morpholine rings is 1. The third kappa shape index (κ3) is 3.83. The number of nitrogens with zero attached hydrogens (tertiary/aromatic N) is 1. The Labute approximate surface area is 113 Å². The van der Waals surface area contributed by atoms with Gasteiger partial charge in [0, 0.05) is 24.9 Å². The largest absolute Gasteiger partial charge is 0.463 e. The Morgan fingerprint density at radius 3 is 2.84 bits per heavy atom. The topological polar surface area (TPSA) is 38.8 Å². The quantitative estimate of drug-likeness (QED) is 0.614. The first-order valence-corrected chi connectivity index (χ1v) is 6.58. The van der Waals surface area contributed by atoms with Gasteiger partial charge >= 0.3 is 5.97 Å². The molecule has 1 aromatic carbocycles. The van der Waals surface area contributed by atoms with Crippen LogP contribution in [0.15, 0.2) is 30.3 Å². The second-order valence-corrected chi connectivity index (χ2v) is 4.24. The van der Waals surface area contributed by atoms with Gasteiger partial charge in [0.25, 0.3) is 0 Å². The highest BCUT2D eigenvalue weighted by Gasteiger charge is 2.13. The fourth-order valence-corrected chi connectivity index (χ4v) is 2.07. The number of hydrogen-bond acceptors (Lipinski definition) is 4. The summed E-state index contributed by atoms with van der Waals surface area (Å²) in [5, 5.41) is 0. The maximum absolute atomic E-state index is 11.4. The van der Waals surface area contributed by atoms with Crippen molar-refractivity contribution in [2.45, 2.75) is 6.92 Å². The Kier molecular flexibility index (Phi) is 4.98. The van der Waals surface area contributed by atoms with Crippen molar-refractivity contribution < 1.29 is 14.3 Å². The van der Waals surface area contributed by atoms with Gasteiger partial charge in [0.1, 0.15) is 0 Å². The van der Waals surface area contributed by atoms with E-state index >= 15 is 0 Å². The van der Waals surface area contributed by atoms with Crippen LogP contribution in [0, 0.1) is 0 Å². The van der Waals surface area contributed by atoms with Crippen molar-refractivity contribution in [3.05, 3.63) is 35.9 Å². The van der Waals surface area contributed by atoms with Gasteiger partial charge in [0.15, 0.2) is 0 Å². The Morgan fingerprint density at radius 1 is 1.37 bits per heavy atom. The summed E-state index contributed by atoms with van der Waals surface area (Å²) in [6.07, 6.45) is 3.28. The first kappa shape index (κ1) is 13.6. The van der Waals surface area contributed by atoms with E-state index in [1.807, 2.05) is 24.3 Å². The van der Waals surface area contributed by atoms with Crippen molar-refractivity contribution in [3.63, 3.8) is 0 Å². The summed E-state index contributed by atoms with van der Waals surface area (Å²) in [6.45, 7) is 5.45. The van der Waals surface area contributed by atoms with Crippen LogP contribution >= 0.6 is 0 Å². The van der Waals surface area contributed by atoms with Crippen molar-refractivity contribution in [3.8, 4) is 0 Å². The van der Waals surface area contributed by atoms with E-state index in [9.17, 15) is 4.79 Å². The lowest BCUT2D eigenvalue weighted by molar-refractivity contribution is -0.137. The Hall–Kier alpha value is -1.81. The molecule has 1 fully saturated rings. The molecule has 4 nitrogen and oxygen atoms in total. The summed E-state index contributed by atoms with van der Waals surface area (Å²) in [6, 6.07) is 8.04. The lowest BCUT2D eigenvalue weighted by Crippen LogP contribution is -2.36. The molecule has 0 saturated carbocycles. The average Bonchev–Trinajstić information content (AvgIpc) is 2.47. The monoisotopic (exact) mass is 261 g/mol. The van der Waals surface area contributed by atoms with Crippen LogP contribution in [0.4, 0.5) is 5.69 Å². The third-order valence-electron chi connectivity index (χ3n) is 2.97. The number of rotatable bonds is 4. The molecule has 1 heterocycles. The highest BCUT2D eigenvalue weighted by atomic mass is 16.5. The van der Waals surface area contributed by atoms with E-state index in [2.05, 4.69) is 11.0 Å². The Bertz CT molecular complexity index is 450. The summed E-state index contributed by atoms with van der Waals surface area (Å²) >= 11 is 0. The number of carbonyl (C=O) groups excluding carboxylic acids is 1. The highest BCUT2D eigenvalue weighted by molar-refractivity contribution is 5.88. The zero-order valence-electron chi connectivity index (χ0n) is 11.2. The molecule has 0 aromatic heterocycles. The molecule has 102 valence electrons. The first-order valence-electron chi connectivity index (χ1n) is 6.58. The average molecular weight is 261 g/mol. The van der Waals surface area contributed by atoms with Crippen LogP contribution in [0.1, 0.15) is 12.5 Å². The van der Waals surface area contributed by atoms with Crippen molar-refractivity contribution in [2.24, 2.45) is 0 Å². The first-order chi connectivity index (χ1) is 9.31. The zero-order valence-corrected chi connectivity index (χ0v) is 11.2. The molecule has 0 unspecified atom stereocenters. The van der Waals surface area contributed by atoms with Gasteiger partial charge in [0.2, 0.25) is 0 Å². The molecule has 19 heavy (non-hydrogen) atoms. The molecule has 0 N–H and O–H groups in total. The van der Waals surface area contributed by atoms with E-state index in [1.54, 1.807) is 6.92 Å². The van der Waals surface area contributed by atoms with Crippen molar-refractivity contribution in [1.82, 2.24) is 0 Å². The molecule has 1 saturated heterocycles. The summed E-state index contributed by atoms with van der Waals surface area (Å²) in [4.78, 5) is 13.6. The molecule has 0 aliphatic carbocycles. The molecule has 0 atom stereocenters. The fourth-order valence-electron chi connectivity index (χ4n) is 2.07. The number of esters is 1. The smallest absolute Gasteiger partial charge is 0.330 e. The van der Waals surface area contributed by atoms with E-state index in [0.29, 0.717) is 6.61 Å². The van der Waals surface area contributed by atoms with Gasteiger partial charge < -0.3 is 14.4 Å². The molecule has 0 radical (unpaired) electrons. The number of benzene rings is 1. The summed E-state index contributed by atoms with van der Waals surface area (Å²) < 4.78 is 10.2. The van der Waals surface area contributed by atoms with E-state index in [-0.39, 0.29) is 5.97 Å². The Morgan fingerprint density at radius 2 is 2.11 bits per heavy atom. The lowest BCUT2D eigenvalue weighted by Gasteiger charge is -2.30. The summed E-state index contributed by atoms with van der Waals surface area (Å²) in [5.74, 6) is -0.306. The van der Waals surface area contributed by atoms with E-state index < -0.39 is 0 Å². The van der Waals surface area contributed by atoms with Gasteiger partial charge in [-0.1, -0.05) is 18.2 Å². The van der Waals surface area contributed by atoms with Crippen LogP contribution in [0.25, 0.3) is 6.08 Å². The van der Waals surface area contributed by atoms with Crippen molar-refractivity contribution in [1.29, 1.82) is 0 Å². The predicted octanol–water partition coefficient (Wildman–Crippen LogP) is 2.10. The van der Waals surface area contributed by atoms with Gasteiger partial charge in [-0.2, -0.15) is 0 Å². The summed E-state index contributed by atoms with van der Waals surface area (Å²) in [5.41, 5.74) is 2.16. The van der Waals surface area contributed by atoms with E-state index in [1.165, 1.54) is 6.08 Å². The fraction of sp³-hybridized carbons (Fsp3) is 0.400. The molecule has 0 spiro atoms. The SMILES string of the molecule is CCOC(=O)/C=C/c1ccccc1N1CCOCC1. The molecular weight excluding hydrogens is 242 g/mol. The van der Waals surface area contributed by atoms with E-state index in [4.69, 9.17) is 9.47 Å². The summed E-state index contributed by atoms with van der Waals surface area (Å²) in [7, 11) is 0. The van der Waals surface area contributed by atoms with Gasteiger partial charge in [-0.05, 0) is 24.6 Å². The molecular formula is C15H19NO3.